The second kappa shape index (κ2) is 6.23. The predicted octanol–water partition coefficient (Wildman–Crippen LogP) is 0.900. The maximum absolute atomic E-state index is 12.0. The number of hydrogen-bond acceptors (Lipinski definition) is 3. The number of carboxylic acids is 1. The van der Waals surface area contributed by atoms with Gasteiger partial charge in [0.25, 0.3) is 0 Å². The summed E-state index contributed by atoms with van der Waals surface area (Å²) in [6.45, 7) is 7.47. The Hall–Kier alpha value is -1.30. The molecule has 2 amide bonds. The quantitative estimate of drug-likeness (QED) is 0.709. The molecule has 2 atom stereocenters. The van der Waals surface area contributed by atoms with Gasteiger partial charge >= 0.3 is 12.0 Å². The van der Waals surface area contributed by atoms with Crippen molar-refractivity contribution in [3.8, 4) is 0 Å². The average Bonchev–Trinajstić information content (AvgIpc) is 2.76. The van der Waals surface area contributed by atoms with Crippen molar-refractivity contribution in [3.05, 3.63) is 0 Å². The summed E-state index contributed by atoms with van der Waals surface area (Å²) in [5, 5.41) is 20.2. The normalized spacial score (nSPS) is 21.3. The molecule has 0 aromatic rings. The minimum Gasteiger partial charge on any atom is -0.480 e. The van der Waals surface area contributed by atoms with Gasteiger partial charge in [-0.05, 0) is 17.8 Å². The average molecular weight is 272 g/mol. The van der Waals surface area contributed by atoms with Gasteiger partial charge in [0.05, 0.1) is 0 Å². The molecule has 1 saturated heterocycles. The summed E-state index contributed by atoms with van der Waals surface area (Å²) in [6, 6.07) is -1.38. The van der Waals surface area contributed by atoms with Crippen molar-refractivity contribution in [2.75, 3.05) is 19.7 Å². The fourth-order valence-corrected chi connectivity index (χ4v) is 2.28. The Balaban J connectivity index is 2.53. The number of urea groups is 1. The first kappa shape index (κ1) is 15.8. The summed E-state index contributed by atoms with van der Waals surface area (Å²) < 4.78 is 0. The highest BCUT2D eigenvalue weighted by Gasteiger charge is 2.34. The van der Waals surface area contributed by atoms with Crippen LogP contribution in [0.3, 0.4) is 0 Å². The second-order valence-corrected chi connectivity index (χ2v) is 6.15. The number of aliphatic hydroxyl groups is 1. The van der Waals surface area contributed by atoms with E-state index < -0.39 is 12.0 Å². The van der Waals surface area contributed by atoms with Gasteiger partial charge in [-0.25, -0.2) is 9.59 Å². The van der Waals surface area contributed by atoms with Crippen LogP contribution in [-0.4, -0.2) is 52.9 Å². The molecule has 1 aliphatic heterocycles. The molecule has 110 valence electrons. The van der Waals surface area contributed by atoms with Crippen LogP contribution in [0.25, 0.3) is 0 Å². The lowest BCUT2D eigenvalue weighted by Crippen LogP contribution is -2.47. The Kier molecular flexibility index (Phi) is 5.17. The van der Waals surface area contributed by atoms with Crippen LogP contribution in [0.5, 0.6) is 0 Å². The molecule has 0 aliphatic carbocycles. The van der Waals surface area contributed by atoms with E-state index in [1.165, 1.54) is 0 Å². The molecule has 0 saturated carbocycles. The number of aliphatic carboxylic acids is 1. The molecule has 0 bridgehead atoms. The van der Waals surface area contributed by atoms with Crippen molar-refractivity contribution >= 4 is 12.0 Å². The number of carbonyl (C=O) groups is 2. The molecule has 3 N–H and O–H groups in total. The third kappa shape index (κ3) is 4.38. The fraction of sp³-hybridized carbons (Fsp3) is 0.846. The van der Waals surface area contributed by atoms with E-state index in [1.807, 2.05) is 0 Å². The number of rotatable bonds is 4. The third-order valence-electron chi connectivity index (χ3n) is 3.71. The van der Waals surface area contributed by atoms with Crippen LogP contribution in [-0.2, 0) is 4.79 Å². The summed E-state index contributed by atoms with van der Waals surface area (Å²) in [7, 11) is 0. The second-order valence-electron chi connectivity index (χ2n) is 6.15. The minimum absolute atomic E-state index is 0.0254. The highest BCUT2D eigenvalue weighted by atomic mass is 16.4. The number of likely N-dealkylation sites (tertiary alicyclic amines) is 1. The van der Waals surface area contributed by atoms with Crippen molar-refractivity contribution in [1.82, 2.24) is 10.2 Å². The Morgan fingerprint density at radius 3 is 2.47 bits per heavy atom. The molecule has 1 unspecified atom stereocenters. The molecule has 1 heterocycles. The zero-order chi connectivity index (χ0) is 14.6. The first-order chi connectivity index (χ1) is 8.75. The molecular weight excluding hydrogens is 248 g/mol. The topological polar surface area (TPSA) is 89.9 Å². The molecule has 0 aromatic heterocycles. The van der Waals surface area contributed by atoms with Gasteiger partial charge in [-0.1, -0.05) is 20.8 Å². The van der Waals surface area contributed by atoms with Crippen LogP contribution >= 0.6 is 0 Å². The van der Waals surface area contributed by atoms with E-state index >= 15 is 0 Å². The molecule has 6 heteroatoms. The smallest absolute Gasteiger partial charge is 0.326 e. The van der Waals surface area contributed by atoms with Gasteiger partial charge in [0.15, 0.2) is 0 Å². The van der Waals surface area contributed by atoms with Crippen LogP contribution in [0.15, 0.2) is 0 Å². The lowest BCUT2D eigenvalue weighted by atomic mass is 9.80. The summed E-state index contributed by atoms with van der Waals surface area (Å²) in [6.07, 6.45) is 0.965. The van der Waals surface area contributed by atoms with Gasteiger partial charge in [0, 0.05) is 26.1 Å². The zero-order valence-electron chi connectivity index (χ0n) is 11.8. The van der Waals surface area contributed by atoms with Crippen LogP contribution < -0.4 is 5.32 Å². The van der Waals surface area contributed by atoms with Gasteiger partial charge < -0.3 is 20.4 Å². The van der Waals surface area contributed by atoms with E-state index in [-0.39, 0.29) is 24.5 Å². The van der Waals surface area contributed by atoms with Crippen molar-refractivity contribution in [2.45, 2.75) is 39.7 Å². The maximum atomic E-state index is 12.0. The van der Waals surface area contributed by atoms with Gasteiger partial charge in [0.1, 0.15) is 6.04 Å². The highest BCUT2D eigenvalue weighted by molar-refractivity contribution is 5.82. The van der Waals surface area contributed by atoms with Gasteiger partial charge in [-0.3, -0.25) is 0 Å². The van der Waals surface area contributed by atoms with Crippen molar-refractivity contribution < 1.29 is 19.8 Å². The van der Waals surface area contributed by atoms with Crippen molar-refractivity contribution in [1.29, 1.82) is 0 Å². The number of carbonyl (C=O) groups excluding carboxylic acids is 1. The van der Waals surface area contributed by atoms with E-state index in [2.05, 4.69) is 26.1 Å². The Morgan fingerprint density at radius 1 is 1.42 bits per heavy atom. The Morgan fingerprint density at radius 2 is 2.05 bits per heavy atom. The molecule has 0 radical (unpaired) electrons. The van der Waals surface area contributed by atoms with Gasteiger partial charge in [-0.2, -0.15) is 0 Å². The van der Waals surface area contributed by atoms with E-state index in [0.717, 1.165) is 6.42 Å². The Labute approximate surface area is 113 Å². The van der Waals surface area contributed by atoms with Crippen LogP contribution in [0.2, 0.25) is 0 Å². The standard InChI is InChI=1S/C13H24N2O4/c1-13(2,3)9-4-6-15(8-9)12(19)14-10(5-7-16)11(17)18/h9-10,16H,4-8H2,1-3H3,(H,14,19)(H,17,18)/t9?,10-/m1/s1. The summed E-state index contributed by atoms with van der Waals surface area (Å²) in [5.41, 5.74) is 0.145. The first-order valence-corrected chi connectivity index (χ1v) is 6.64. The highest BCUT2D eigenvalue weighted by Crippen LogP contribution is 2.33. The number of hydrogen-bond donors (Lipinski definition) is 3. The van der Waals surface area contributed by atoms with Gasteiger partial charge in [-0.15, -0.1) is 0 Å². The summed E-state index contributed by atoms with van der Waals surface area (Å²) in [5.74, 6) is -0.687. The molecule has 19 heavy (non-hydrogen) atoms. The largest absolute Gasteiger partial charge is 0.480 e. The number of nitrogens with zero attached hydrogens (tertiary/aromatic N) is 1. The molecule has 1 fully saturated rings. The zero-order valence-corrected chi connectivity index (χ0v) is 11.8. The lowest BCUT2D eigenvalue weighted by Gasteiger charge is -2.27. The minimum atomic E-state index is -1.12. The fourth-order valence-electron chi connectivity index (χ4n) is 2.28. The molecule has 1 aliphatic rings. The molecule has 0 aromatic carbocycles. The van der Waals surface area contributed by atoms with Crippen molar-refractivity contribution in [2.24, 2.45) is 11.3 Å². The molecule has 1 rings (SSSR count). The van der Waals surface area contributed by atoms with Crippen LogP contribution in [0.1, 0.15) is 33.6 Å². The van der Waals surface area contributed by atoms with Gasteiger partial charge in [0.2, 0.25) is 0 Å². The monoisotopic (exact) mass is 272 g/mol. The Bertz CT molecular complexity index is 338. The molecular formula is C13H24N2O4. The molecule has 0 spiro atoms. The van der Waals surface area contributed by atoms with Crippen LogP contribution in [0.4, 0.5) is 4.79 Å². The number of amides is 2. The van der Waals surface area contributed by atoms with Crippen molar-refractivity contribution in [3.63, 3.8) is 0 Å². The third-order valence-corrected chi connectivity index (χ3v) is 3.71. The van der Waals surface area contributed by atoms with E-state index in [4.69, 9.17) is 10.2 Å². The number of carboxylic acid groups (broad SMARTS) is 1. The SMILES string of the molecule is CC(C)(C)C1CCN(C(=O)N[C@H](CCO)C(=O)O)C1. The number of nitrogens with one attached hydrogen (secondary N) is 1. The maximum Gasteiger partial charge on any atom is 0.326 e. The number of aliphatic hydroxyl groups excluding tert-OH is 1. The van der Waals surface area contributed by atoms with E-state index in [0.29, 0.717) is 19.0 Å². The van der Waals surface area contributed by atoms with E-state index in [1.54, 1.807) is 4.90 Å². The predicted molar refractivity (Wildman–Crippen MR) is 70.8 cm³/mol. The van der Waals surface area contributed by atoms with E-state index in [9.17, 15) is 9.59 Å². The summed E-state index contributed by atoms with van der Waals surface area (Å²) in [4.78, 5) is 24.6. The summed E-state index contributed by atoms with van der Waals surface area (Å²) >= 11 is 0. The van der Waals surface area contributed by atoms with Crippen LogP contribution in [0, 0.1) is 11.3 Å². The lowest BCUT2D eigenvalue weighted by molar-refractivity contribution is -0.139. The molecule has 6 nitrogen and oxygen atoms in total. The first-order valence-electron chi connectivity index (χ1n) is 6.64.